The summed E-state index contributed by atoms with van der Waals surface area (Å²) in [6, 6.07) is 8.53. The molecule has 1 fully saturated rings. The predicted molar refractivity (Wildman–Crippen MR) is 82.3 cm³/mol. The largest absolute Gasteiger partial charge is 0.314 e. The van der Waals surface area contributed by atoms with Crippen molar-refractivity contribution in [3.63, 3.8) is 0 Å². The zero-order valence-corrected chi connectivity index (χ0v) is 12.9. The van der Waals surface area contributed by atoms with Crippen LogP contribution in [-0.4, -0.2) is 30.1 Å². The third-order valence-electron chi connectivity index (χ3n) is 4.46. The lowest BCUT2D eigenvalue weighted by Crippen LogP contribution is -2.48. The van der Waals surface area contributed by atoms with Gasteiger partial charge in [0.05, 0.1) is 0 Å². The van der Waals surface area contributed by atoms with Crippen molar-refractivity contribution < 1.29 is 4.39 Å². The third-order valence-corrected chi connectivity index (χ3v) is 4.46. The van der Waals surface area contributed by atoms with Gasteiger partial charge in [-0.2, -0.15) is 0 Å². The minimum atomic E-state index is -0.156. The summed E-state index contributed by atoms with van der Waals surface area (Å²) in [5, 5.41) is 3.63. The van der Waals surface area contributed by atoms with Gasteiger partial charge in [0.15, 0.2) is 0 Å². The first-order chi connectivity index (χ1) is 9.61. The van der Waals surface area contributed by atoms with Gasteiger partial charge in [-0.05, 0) is 57.4 Å². The van der Waals surface area contributed by atoms with E-state index in [0.717, 1.165) is 13.1 Å². The van der Waals surface area contributed by atoms with Crippen molar-refractivity contribution in [1.82, 2.24) is 10.2 Å². The van der Waals surface area contributed by atoms with Crippen LogP contribution in [0.4, 0.5) is 4.39 Å². The number of rotatable bonds is 5. The number of nitrogens with zero attached hydrogens (tertiary/aromatic N) is 1. The van der Waals surface area contributed by atoms with Crippen molar-refractivity contribution in [2.24, 2.45) is 0 Å². The molecular weight excluding hydrogens is 251 g/mol. The Morgan fingerprint density at radius 3 is 2.65 bits per heavy atom. The summed E-state index contributed by atoms with van der Waals surface area (Å²) in [5.41, 5.74) is 1.21. The van der Waals surface area contributed by atoms with E-state index in [0.29, 0.717) is 18.1 Å². The number of hydrogen-bond acceptors (Lipinski definition) is 2. The van der Waals surface area contributed by atoms with Crippen LogP contribution in [0.2, 0.25) is 0 Å². The highest BCUT2D eigenvalue weighted by Gasteiger charge is 2.28. The monoisotopic (exact) mass is 278 g/mol. The molecule has 1 saturated heterocycles. The van der Waals surface area contributed by atoms with Gasteiger partial charge in [0.25, 0.3) is 0 Å². The number of halogens is 1. The lowest BCUT2D eigenvalue weighted by molar-refractivity contribution is 0.0955. The van der Waals surface area contributed by atoms with Gasteiger partial charge in [-0.15, -0.1) is 0 Å². The van der Waals surface area contributed by atoms with Crippen LogP contribution >= 0.6 is 0 Å². The van der Waals surface area contributed by atoms with E-state index in [-0.39, 0.29) is 5.82 Å². The summed E-state index contributed by atoms with van der Waals surface area (Å²) in [6.45, 7) is 8.97. The molecule has 0 saturated carbocycles. The topological polar surface area (TPSA) is 15.3 Å². The molecule has 1 aromatic rings. The average Bonchev–Trinajstić information content (AvgIpc) is 2.45. The number of likely N-dealkylation sites (tertiary alicyclic amines) is 1. The summed E-state index contributed by atoms with van der Waals surface area (Å²) >= 11 is 0. The number of piperidine rings is 1. The molecule has 1 heterocycles. The van der Waals surface area contributed by atoms with Gasteiger partial charge < -0.3 is 5.32 Å². The molecule has 0 radical (unpaired) electrons. The molecule has 0 amide bonds. The van der Waals surface area contributed by atoms with Crippen molar-refractivity contribution in [2.45, 2.75) is 58.2 Å². The molecule has 1 N–H and O–H groups in total. The first-order valence-electron chi connectivity index (χ1n) is 7.86. The van der Waals surface area contributed by atoms with Crippen molar-refractivity contribution in [3.8, 4) is 0 Å². The zero-order valence-electron chi connectivity index (χ0n) is 12.9. The van der Waals surface area contributed by atoms with Crippen LogP contribution in [0.25, 0.3) is 0 Å². The molecule has 3 atom stereocenters. The zero-order chi connectivity index (χ0) is 14.5. The minimum absolute atomic E-state index is 0.156. The Morgan fingerprint density at radius 2 is 2.05 bits per heavy atom. The second-order valence-electron chi connectivity index (χ2n) is 5.99. The molecule has 0 aromatic heterocycles. The normalized spacial score (nSPS) is 25.6. The summed E-state index contributed by atoms with van der Waals surface area (Å²) in [7, 11) is 0. The van der Waals surface area contributed by atoms with E-state index < -0.39 is 0 Å². The SMILES string of the molecule is CCCNC1CCN(C(C)c2ccc(F)cc2)C(C)C1. The first kappa shape index (κ1) is 15.5. The summed E-state index contributed by atoms with van der Waals surface area (Å²) in [5.74, 6) is -0.156. The van der Waals surface area contributed by atoms with Crippen LogP contribution < -0.4 is 5.32 Å². The Morgan fingerprint density at radius 1 is 1.35 bits per heavy atom. The highest BCUT2D eigenvalue weighted by atomic mass is 19.1. The van der Waals surface area contributed by atoms with E-state index in [1.807, 2.05) is 12.1 Å². The van der Waals surface area contributed by atoms with Crippen molar-refractivity contribution in [2.75, 3.05) is 13.1 Å². The number of benzene rings is 1. The fraction of sp³-hybridized carbons (Fsp3) is 0.647. The van der Waals surface area contributed by atoms with Crippen LogP contribution in [0.5, 0.6) is 0 Å². The van der Waals surface area contributed by atoms with Crippen molar-refractivity contribution >= 4 is 0 Å². The van der Waals surface area contributed by atoms with Crippen LogP contribution in [0.15, 0.2) is 24.3 Å². The van der Waals surface area contributed by atoms with E-state index in [4.69, 9.17) is 0 Å². The van der Waals surface area contributed by atoms with E-state index in [9.17, 15) is 4.39 Å². The highest BCUT2D eigenvalue weighted by Crippen LogP contribution is 2.28. The smallest absolute Gasteiger partial charge is 0.123 e. The van der Waals surface area contributed by atoms with Crippen LogP contribution in [0.1, 0.15) is 51.6 Å². The van der Waals surface area contributed by atoms with Gasteiger partial charge in [0.1, 0.15) is 5.82 Å². The summed E-state index contributed by atoms with van der Waals surface area (Å²) < 4.78 is 13.0. The van der Waals surface area contributed by atoms with Crippen LogP contribution in [0.3, 0.4) is 0 Å². The molecule has 112 valence electrons. The Bertz CT molecular complexity index is 404. The first-order valence-corrected chi connectivity index (χ1v) is 7.86. The van der Waals surface area contributed by atoms with E-state index in [2.05, 4.69) is 31.0 Å². The molecular formula is C17H27FN2. The molecule has 3 heteroatoms. The van der Waals surface area contributed by atoms with Crippen molar-refractivity contribution in [1.29, 1.82) is 0 Å². The summed E-state index contributed by atoms with van der Waals surface area (Å²) in [6.07, 6.45) is 3.60. The second-order valence-corrected chi connectivity index (χ2v) is 5.99. The molecule has 20 heavy (non-hydrogen) atoms. The molecule has 0 spiro atoms. The van der Waals surface area contributed by atoms with E-state index in [1.165, 1.54) is 24.8 Å². The van der Waals surface area contributed by atoms with E-state index in [1.54, 1.807) is 12.1 Å². The van der Waals surface area contributed by atoms with E-state index >= 15 is 0 Å². The maximum Gasteiger partial charge on any atom is 0.123 e. The van der Waals surface area contributed by atoms with Gasteiger partial charge in [-0.1, -0.05) is 19.1 Å². The lowest BCUT2D eigenvalue weighted by Gasteiger charge is -2.41. The molecule has 1 aliphatic rings. The molecule has 0 bridgehead atoms. The van der Waals surface area contributed by atoms with Gasteiger partial charge in [-0.25, -0.2) is 4.39 Å². The lowest BCUT2D eigenvalue weighted by atomic mass is 9.94. The Labute approximate surface area is 122 Å². The molecule has 2 rings (SSSR count). The fourth-order valence-electron chi connectivity index (χ4n) is 3.23. The molecule has 2 nitrogen and oxygen atoms in total. The Kier molecular flexibility index (Phi) is 5.55. The Balaban J connectivity index is 1.94. The van der Waals surface area contributed by atoms with Crippen LogP contribution in [0, 0.1) is 5.82 Å². The average molecular weight is 278 g/mol. The molecule has 3 unspecified atom stereocenters. The standard InChI is InChI=1S/C17H27FN2/c1-4-10-19-17-9-11-20(13(2)12-17)14(3)15-5-7-16(18)8-6-15/h5-8,13-14,17,19H,4,9-12H2,1-3H3. The van der Waals surface area contributed by atoms with Crippen LogP contribution in [-0.2, 0) is 0 Å². The molecule has 1 aromatic carbocycles. The fourth-order valence-corrected chi connectivity index (χ4v) is 3.23. The third kappa shape index (κ3) is 3.80. The van der Waals surface area contributed by atoms with Gasteiger partial charge >= 0.3 is 0 Å². The maximum absolute atomic E-state index is 13.0. The van der Waals surface area contributed by atoms with Gasteiger partial charge in [-0.3, -0.25) is 4.90 Å². The van der Waals surface area contributed by atoms with Gasteiger partial charge in [0.2, 0.25) is 0 Å². The van der Waals surface area contributed by atoms with Gasteiger partial charge in [0, 0.05) is 24.7 Å². The quantitative estimate of drug-likeness (QED) is 0.882. The molecule has 0 aliphatic carbocycles. The second kappa shape index (κ2) is 7.19. The maximum atomic E-state index is 13.0. The number of nitrogens with one attached hydrogen (secondary N) is 1. The predicted octanol–water partition coefficient (Wildman–Crippen LogP) is 3.74. The minimum Gasteiger partial charge on any atom is -0.314 e. The van der Waals surface area contributed by atoms with Crippen molar-refractivity contribution in [3.05, 3.63) is 35.6 Å². The highest BCUT2D eigenvalue weighted by molar-refractivity contribution is 5.19. The Hall–Kier alpha value is -0.930. The molecule has 1 aliphatic heterocycles. The summed E-state index contributed by atoms with van der Waals surface area (Å²) in [4.78, 5) is 2.54. The number of hydrogen-bond donors (Lipinski definition) is 1.